The summed E-state index contributed by atoms with van der Waals surface area (Å²) in [5, 5.41) is 1.03. The Kier molecular flexibility index (Phi) is 4.89. The Morgan fingerprint density at radius 3 is 2.64 bits per heavy atom. The summed E-state index contributed by atoms with van der Waals surface area (Å²) in [5.74, 6) is 0. The smallest absolute Gasteiger partial charge is 0.298 e. The van der Waals surface area contributed by atoms with Crippen molar-refractivity contribution >= 4 is 39.1 Å². The van der Waals surface area contributed by atoms with Gasteiger partial charge in [-0.1, -0.05) is 30.3 Å². The molecule has 2 N–H and O–H groups in total. The van der Waals surface area contributed by atoms with Gasteiger partial charge in [-0.3, -0.25) is 4.72 Å². The van der Waals surface area contributed by atoms with Crippen LogP contribution in [0.1, 0.15) is 16.7 Å². The van der Waals surface area contributed by atoms with Crippen LogP contribution in [0.4, 0.5) is 5.69 Å². The molecule has 1 aromatic heterocycles. The highest BCUT2D eigenvalue weighted by Gasteiger charge is 2.11. The summed E-state index contributed by atoms with van der Waals surface area (Å²) in [6, 6.07) is 15.0. The number of hydrogen-bond donors (Lipinski definition) is 2. The first kappa shape index (κ1) is 17.6. The van der Waals surface area contributed by atoms with Crippen molar-refractivity contribution < 1.29 is 12.8 Å². The molecule has 0 atom stereocenters. The van der Waals surface area contributed by atoms with Crippen molar-refractivity contribution in [3.63, 3.8) is 0 Å². The summed E-state index contributed by atoms with van der Waals surface area (Å²) in [6.07, 6.45) is 0.564. The molecule has 0 saturated carbocycles. The van der Waals surface area contributed by atoms with Crippen molar-refractivity contribution in [1.29, 1.82) is 0 Å². The highest BCUT2D eigenvalue weighted by molar-refractivity contribution is 7.90. The minimum absolute atomic E-state index is 0.456. The van der Waals surface area contributed by atoms with Crippen molar-refractivity contribution in [2.45, 2.75) is 13.3 Å². The van der Waals surface area contributed by atoms with Crippen LogP contribution in [0, 0.1) is 11.6 Å². The molecule has 7 heteroatoms. The molecule has 0 aliphatic carbocycles. The van der Waals surface area contributed by atoms with Crippen LogP contribution in [0.15, 0.2) is 52.9 Å². The summed E-state index contributed by atoms with van der Waals surface area (Å²) < 4.78 is 34.2. The number of anilines is 1. The normalized spacial score (nSPS) is 11.6. The molecule has 3 aromatic rings. The second-order valence-electron chi connectivity index (χ2n) is 5.68. The lowest BCUT2D eigenvalue weighted by atomic mass is 10.00. The van der Waals surface area contributed by atoms with Crippen LogP contribution < -0.4 is 9.44 Å². The zero-order valence-electron chi connectivity index (χ0n) is 13.9. The molecule has 0 aliphatic heterocycles. The Balaban J connectivity index is 1.98. The summed E-state index contributed by atoms with van der Waals surface area (Å²) in [4.78, 5) is 0. The zero-order chi connectivity index (χ0) is 18.0. The standard InChI is InChI=1S/C18H18N2O3S2/c1-12-15-8-3-4-9-17(15)23-18(24)16(12)11-13-6-5-7-14(10-13)20-25(21,22)19-2/h3-10,19-20H,11H2,1-2H3. The van der Waals surface area contributed by atoms with Gasteiger partial charge >= 0.3 is 0 Å². The van der Waals surface area contributed by atoms with Gasteiger partial charge in [0, 0.05) is 24.4 Å². The second kappa shape index (κ2) is 6.95. The van der Waals surface area contributed by atoms with Gasteiger partial charge in [-0.2, -0.15) is 8.42 Å². The third-order valence-electron chi connectivity index (χ3n) is 4.02. The molecule has 0 unspecified atom stereocenters. The molecule has 0 saturated heterocycles. The SMILES string of the molecule is CNS(=O)(=O)Nc1cccc(Cc2c(C)c3ccccc3oc2=S)c1. The van der Waals surface area contributed by atoms with Crippen LogP contribution in [0.3, 0.4) is 0 Å². The van der Waals surface area contributed by atoms with Gasteiger partial charge in [0.05, 0.1) is 5.69 Å². The number of rotatable bonds is 5. The minimum Gasteiger partial charge on any atom is -0.445 e. The molecule has 130 valence electrons. The number of fused-ring (bicyclic) bond motifs is 1. The first-order valence-electron chi connectivity index (χ1n) is 7.71. The molecule has 0 spiro atoms. The summed E-state index contributed by atoms with van der Waals surface area (Å²) >= 11 is 5.42. The van der Waals surface area contributed by atoms with Crippen LogP contribution >= 0.6 is 12.2 Å². The maximum Gasteiger partial charge on any atom is 0.298 e. The van der Waals surface area contributed by atoms with E-state index in [1.54, 1.807) is 18.2 Å². The lowest BCUT2D eigenvalue weighted by molar-refractivity contribution is 0.577. The number of benzene rings is 2. The van der Waals surface area contributed by atoms with Crippen molar-refractivity contribution in [1.82, 2.24) is 4.72 Å². The van der Waals surface area contributed by atoms with Crippen LogP contribution in [0.25, 0.3) is 11.0 Å². The molecule has 1 heterocycles. The van der Waals surface area contributed by atoms with Gasteiger partial charge in [-0.15, -0.1) is 0 Å². The van der Waals surface area contributed by atoms with E-state index in [2.05, 4.69) is 9.44 Å². The quantitative estimate of drug-likeness (QED) is 0.664. The predicted octanol–water partition coefficient (Wildman–Crippen LogP) is 3.94. The Bertz CT molecular complexity index is 1090. The molecule has 2 aromatic carbocycles. The van der Waals surface area contributed by atoms with Gasteiger partial charge < -0.3 is 4.42 Å². The fraction of sp³-hybridized carbons (Fsp3) is 0.167. The molecule has 3 rings (SSSR count). The topological polar surface area (TPSA) is 71.3 Å². The van der Waals surface area contributed by atoms with Crippen molar-refractivity contribution in [3.8, 4) is 0 Å². The Morgan fingerprint density at radius 1 is 1.12 bits per heavy atom. The first-order chi connectivity index (χ1) is 11.9. The van der Waals surface area contributed by atoms with Gasteiger partial charge in [0.25, 0.3) is 10.2 Å². The molecule has 0 amide bonds. The van der Waals surface area contributed by atoms with E-state index in [4.69, 9.17) is 16.6 Å². The van der Waals surface area contributed by atoms with E-state index in [0.29, 0.717) is 16.8 Å². The van der Waals surface area contributed by atoms with E-state index in [1.165, 1.54) is 7.05 Å². The number of hydrogen-bond acceptors (Lipinski definition) is 4. The molecule has 0 radical (unpaired) electrons. The highest BCUT2D eigenvalue weighted by Crippen LogP contribution is 2.26. The molecule has 0 fully saturated rings. The lowest BCUT2D eigenvalue weighted by Crippen LogP contribution is -2.26. The van der Waals surface area contributed by atoms with E-state index in [1.807, 2.05) is 37.3 Å². The van der Waals surface area contributed by atoms with Crippen molar-refractivity contribution in [3.05, 3.63) is 69.9 Å². The van der Waals surface area contributed by atoms with Gasteiger partial charge in [-0.25, -0.2) is 4.72 Å². The third kappa shape index (κ3) is 3.89. The molecule has 0 aliphatic rings. The Hall–Kier alpha value is -2.22. The highest BCUT2D eigenvalue weighted by atomic mass is 32.2. The summed E-state index contributed by atoms with van der Waals surface area (Å²) in [5.41, 5.74) is 4.21. The maximum absolute atomic E-state index is 11.6. The lowest BCUT2D eigenvalue weighted by Gasteiger charge is -2.11. The second-order valence-corrected chi connectivity index (χ2v) is 7.67. The minimum atomic E-state index is -3.55. The third-order valence-corrected chi connectivity index (χ3v) is 5.39. The fourth-order valence-electron chi connectivity index (χ4n) is 2.70. The van der Waals surface area contributed by atoms with Crippen LogP contribution in [0.2, 0.25) is 0 Å². The van der Waals surface area contributed by atoms with E-state index < -0.39 is 10.2 Å². The van der Waals surface area contributed by atoms with E-state index in [9.17, 15) is 8.42 Å². The van der Waals surface area contributed by atoms with E-state index in [-0.39, 0.29) is 0 Å². The fourth-order valence-corrected chi connectivity index (χ4v) is 3.56. The van der Waals surface area contributed by atoms with Crippen LogP contribution in [0.5, 0.6) is 0 Å². The van der Waals surface area contributed by atoms with E-state index >= 15 is 0 Å². The maximum atomic E-state index is 11.6. The molecule has 5 nitrogen and oxygen atoms in total. The van der Waals surface area contributed by atoms with Crippen LogP contribution in [-0.2, 0) is 16.6 Å². The van der Waals surface area contributed by atoms with Gasteiger partial charge in [0.2, 0.25) is 0 Å². The first-order valence-corrected chi connectivity index (χ1v) is 9.60. The average Bonchev–Trinajstić information content (AvgIpc) is 2.58. The summed E-state index contributed by atoms with van der Waals surface area (Å²) in [6.45, 7) is 2.02. The van der Waals surface area contributed by atoms with Gasteiger partial charge in [0.1, 0.15) is 5.58 Å². The molecular weight excluding hydrogens is 356 g/mol. The van der Waals surface area contributed by atoms with Gasteiger partial charge in [-0.05, 0) is 48.5 Å². The summed E-state index contributed by atoms with van der Waals surface area (Å²) in [7, 11) is -2.19. The van der Waals surface area contributed by atoms with Gasteiger partial charge in [0.15, 0.2) is 4.71 Å². The average molecular weight is 374 g/mol. The number of nitrogens with one attached hydrogen (secondary N) is 2. The monoisotopic (exact) mass is 374 g/mol. The largest absolute Gasteiger partial charge is 0.445 e. The molecule has 25 heavy (non-hydrogen) atoms. The Morgan fingerprint density at radius 2 is 1.88 bits per heavy atom. The zero-order valence-corrected chi connectivity index (χ0v) is 15.5. The number of aryl methyl sites for hydroxylation is 1. The molecular formula is C18H18N2O3S2. The van der Waals surface area contributed by atoms with Crippen molar-refractivity contribution in [2.75, 3.05) is 11.8 Å². The number of para-hydroxylation sites is 1. The van der Waals surface area contributed by atoms with Crippen molar-refractivity contribution in [2.24, 2.45) is 0 Å². The van der Waals surface area contributed by atoms with E-state index in [0.717, 1.165) is 27.7 Å². The Labute approximate surface area is 151 Å². The molecule has 0 bridgehead atoms. The predicted molar refractivity (Wildman–Crippen MR) is 103 cm³/mol. The van der Waals surface area contributed by atoms with Crippen LogP contribution in [-0.4, -0.2) is 15.5 Å².